The summed E-state index contributed by atoms with van der Waals surface area (Å²) in [5.41, 5.74) is 4.50. The Labute approximate surface area is 205 Å². The van der Waals surface area contributed by atoms with E-state index in [9.17, 15) is 0 Å². The third kappa shape index (κ3) is 4.62. The number of hydrogen-bond acceptors (Lipinski definition) is 2. The minimum absolute atomic E-state index is 0.723. The highest BCUT2D eigenvalue weighted by atomic mass is 16.6. The first-order valence-corrected chi connectivity index (χ1v) is 11.7. The summed E-state index contributed by atoms with van der Waals surface area (Å²) in [6.07, 6.45) is 0. The van der Waals surface area contributed by atoms with Crippen LogP contribution in [0.5, 0.6) is 11.5 Å². The molecular formula is C32H22BO2. The van der Waals surface area contributed by atoms with Crippen LogP contribution in [0.3, 0.4) is 0 Å². The van der Waals surface area contributed by atoms with Crippen molar-refractivity contribution >= 4 is 29.2 Å². The van der Waals surface area contributed by atoms with Gasteiger partial charge in [0.15, 0.2) is 0 Å². The molecule has 0 spiro atoms. The zero-order chi connectivity index (χ0) is 23.5. The standard InChI is InChI=1S/C32H22BO2/c1-3-9-25-19-29(17-15-23(25)7-1)27-11-5-13-31(21-27)34-33-35-32-14-6-12-28(22-32)30-18-16-24-8-2-4-10-26(24)20-30/h1-22H. The molecule has 0 N–H and O–H groups in total. The summed E-state index contributed by atoms with van der Waals surface area (Å²) in [6, 6.07) is 45.8. The molecule has 0 aliphatic rings. The predicted molar refractivity (Wildman–Crippen MR) is 146 cm³/mol. The van der Waals surface area contributed by atoms with Crippen molar-refractivity contribution < 1.29 is 9.31 Å². The van der Waals surface area contributed by atoms with Crippen LogP contribution in [0.1, 0.15) is 0 Å². The van der Waals surface area contributed by atoms with Crippen LogP contribution in [-0.2, 0) is 0 Å². The molecule has 0 aromatic heterocycles. The molecule has 0 fully saturated rings. The second kappa shape index (κ2) is 9.40. The predicted octanol–water partition coefficient (Wildman–Crippen LogP) is 8.32. The Bertz CT molecular complexity index is 1520. The minimum Gasteiger partial charge on any atom is -0.526 e. The fourth-order valence-electron chi connectivity index (χ4n) is 4.37. The zero-order valence-electron chi connectivity index (χ0n) is 19.1. The summed E-state index contributed by atoms with van der Waals surface area (Å²) in [5, 5.41) is 4.91. The van der Waals surface area contributed by atoms with E-state index in [2.05, 4.69) is 97.1 Å². The van der Waals surface area contributed by atoms with Crippen LogP contribution >= 0.6 is 0 Å². The maximum Gasteiger partial charge on any atom is 0.658 e. The molecule has 35 heavy (non-hydrogen) atoms. The van der Waals surface area contributed by atoms with Crippen LogP contribution in [0.25, 0.3) is 43.8 Å². The Kier molecular flexibility index (Phi) is 5.66. The van der Waals surface area contributed by atoms with Gasteiger partial charge in [-0.3, -0.25) is 0 Å². The number of hydrogen-bond donors (Lipinski definition) is 0. The highest BCUT2D eigenvalue weighted by molar-refractivity contribution is 6.20. The molecule has 2 nitrogen and oxygen atoms in total. The van der Waals surface area contributed by atoms with E-state index in [0.29, 0.717) is 0 Å². The van der Waals surface area contributed by atoms with Crippen LogP contribution in [0, 0.1) is 0 Å². The molecule has 3 heteroatoms. The van der Waals surface area contributed by atoms with E-state index in [-0.39, 0.29) is 0 Å². The van der Waals surface area contributed by atoms with Crippen molar-refractivity contribution in [3.8, 4) is 33.8 Å². The fourth-order valence-corrected chi connectivity index (χ4v) is 4.37. The molecule has 1 radical (unpaired) electrons. The molecule has 6 aromatic rings. The van der Waals surface area contributed by atoms with Gasteiger partial charge in [-0.1, -0.05) is 97.1 Å². The third-order valence-corrected chi connectivity index (χ3v) is 6.20. The van der Waals surface area contributed by atoms with E-state index < -0.39 is 0 Å². The van der Waals surface area contributed by atoms with Crippen molar-refractivity contribution in [2.45, 2.75) is 0 Å². The van der Waals surface area contributed by atoms with Crippen molar-refractivity contribution in [1.29, 1.82) is 0 Å². The molecule has 0 saturated heterocycles. The quantitative estimate of drug-likeness (QED) is 0.238. The molecule has 0 heterocycles. The Morgan fingerprint density at radius 2 is 0.771 bits per heavy atom. The minimum atomic E-state index is 0.723. The number of rotatable bonds is 6. The summed E-state index contributed by atoms with van der Waals surface area (Å²) in [4.78, 5) is 0. The van der Waals surface area contributed by atoms with Crippen molar-refractivity contribution in [3.63, 3.8) is 0 Å². The summed E-state index contributed by atoms with van der Waals surface area (Å²) in [5.74, 6) is 1.45. The van der Waals surface area contributed by atoms with E-state index in [4.69, 9.17) is 9.31 Å². The van der Waals surface area contributed by atoms with Gasteiger partial charge in [0.1, 0.15) is 11.5 Å². The topological polar surface area (TPSA) is 18.5 Å². The maximum atomic E-state index is 5.82. The molecule has 0 saturated carbocycles. The summed E-state index contributed by atoms with van der Waals surface area (Å²) >= 11 is 0. The highest BCUT2D eigenvalue weighted by Crippen LogP contribution is 2.29. The van der Waals surface area contributed by atoms with Gasteiger partial charge in [-0.25, -0.2) is 0 Å². The Morgan fingerprint density at radius 3 is 1.26 bits per heavy atom. The van der Waals surface area contributed by atoms with Crippen LogP contribution in [0.2, 0.25) is 0 Å². The van der Waals surface area contributed by atoms with Gasteiger partial charge in [0.25, 0.3) is 0 Å². The smallest absolute Gasteiger partial charge is 0.526 e. The molecular weight excluding hydrogens is 427 g/mol. The summed E-state index contributed by atoms with van der Waals surface area (Å²) in [6.45, 7) is 0. The van der Waals surface area contributed by atoms with Gasteiger partial charge in [-0.15, -0.1) is 0 Å². The second-order valence-electron chi connectivity index (χ2n) is 8.51. The molecule has 165 valence electrons. The monoisotopic (exact) mass is 449 g/mol. The first-order chi connectivity index (χ1) is 17.3. The van der Waals surface area contributed by atoms with Crippen LogP contribution in [0.15, 0.2) is 133 Å². The van der Waals surface area contributed by atoms with Crippen LogP contribution in [-0.4, -0.2) is 7.69 Å². The third-order valence-electron chi connectivity index (χ3n) is 6.20. The normalized spacial score (nSPS) is 10.9. The maximum absolute atomic E-state index is 5.82. The van der Waals surface area contributed by atoms with Crippen molar-refractivity contribution in [2.24, 2.45) is 0 Å². The lowest BCUT2D eigenvalue weighted by Gasteiger charge is -2.10. The molecule has 0 aliphatic carbocycles. The molecule has 6 rings (SSSR count). The number of benzene rings is 6. The summed E-state index contributed by atoms with van der Waals surface area (Å²) < 4.78 is 11.6. The van der Waals surface area contributed by atoms with Gasteiger partial charge in [0, 0.05) is 0 Å². The van der Waals surface area contributed by atoms with Crippen LogP contribution < -0.4 is 9.31 Å². The average molecular weight is 449 g/mol. The van der Waals surface area contributed by atoms with E-state index in [1.807, 2.05) is 36.4 Å². The van der Waals surface area contributed by atoms with Crippen molar-refractivity contribution in [2.75, 3.05) is 0 Å². The van der Waals surface area contributed by atoms with Gasteiger partial charge in [-0.05, 0) is 80.2 Å². The van der Waals surface area contributed by atoms with Gasteiger partial charge in [0.2, 0.25) is 0 Å². The molecule has 6 aromatic carbocycles. The SMILES string of the molecule is [B](Oc1cccc(-c2ccc3ccccc3c2)c1)Oc1cccc(-c2ccc3ccccc3c2)c1. The summed E-state index contributed by atoms with van der Waals surface area (Å²) in [7, 11) is 1.39. The average Bonchev–Trinajstić information content (AvgIpc) is 2.93. The first kappa shape index (κ1) is 21.1. The number of fused-ring (bicyclic) bond motifs is 2. The van der Waals surface area contributed by atoms with Gasteiger partial charge in [-0.2, -0.15) is 0 Å². The van der Waals surface area contributed by atoms with Crippen LogP contribution in [0.4, 0.5) is 0 Å². The van der Waals surface area contributed by atoms with E-state index >= 15 is 0 Å². The molecule has 0 atom stereocenters. The van der Waals surface area contributed by atoms with Crippen molar-refractivity contribution in [1.82, 2.24) is 0 Å². The molecule has 0 amide bonds. The fraction of sp³-hybridized carbons (Fsp3) is 0. The molecule has 0 aliphatic heterocycles. The Balaban J connectivity index is 1.15. The zero-order valence-corrected chi connectivity index (χ0v) is 19.1. The van der Waals surface area contributed by atoms with Gasteiger partial charge in [0.05, 0.1) is 0 Å². The van der Waals surface area contributed by atoms with Crippen molar-refractivity contribution in [3.05, 3.63) is 133 Å². The lowest BCUT2D eigenvalue weighted by atomic mass is 10.0. The second-order valence-corrected chi connectivity index (χ2v) is 8.51. The van der Waals surface area contributed by atoms with E-state index in [1.165, 1.54) is 29.2 Å². The molecule has 0 unspecified atom stereocenters. The largest absolute Gasteiger partial charge is 0.658 e. The Hall–Kier alpha value is -4.50. The highest BCUT2D eigenvalue weighted by Gasteiger charge is 2.07. The van der Waals surface area contributed by atoms with E-state index in [1.54, 1.807) is 0 Å². The molecule has 0 bridgehead atoms. The lowest BCUT2D eigenvalue weighted by molar-refractivity contribution is 0.459. The Morgan fingerprint density at radius 1 is 0.343 bits per heavy atom. The van der Waals surface area contributed by atoms with Gasteiger partial charge >= 0.3 is 7.69 Å². The van der Waals surface area contributed by atoms with E-state index in [0.717, 1.165) is 33.8 Å². The lowest BCUT2D eigenvalue weighted by Crippen LogP contribution is -2.10. The van der Waals surface area contributed by atoms with Gasteiger partial charge < -0.3 is 9.31 Å². The first-order valence-electron chi connectivity index (χ1n) is 11.7.